The van der Waals surface area contributed by atoms with E-state index in [1.807, 2.05) is 6.07 Å². The van der Waals surface area contributed by atoms with Crippen molar-refractivity contribution in [1.29, 1.82) is 0 Å². The average Bonchev–Trinajstić information content (AvgIpc) is 2.37. The molecule has 0 saturated heterocycles. The molecule has 3 N–H and O–H groups in total. The third-order valence-electron chi connectivity index (χ3n) is 2.27. The van der Waals surface area contributed by atoms with Crippen molar-refractivity contribution in [1.82, 2.24) is 0 Å². The summed E-state index contributed by atoms with van der Waals surface area (Å²) in [5.41, 5.74) is 6.52. The number of hydrogen-bond donors (Lipinski definition) is 2. The molecule has 0 spiro atoms. The highest BCUT2D eigenvalue weighted by molar-refractivity contribution is 6.37. The number of carbonyl (C=O) groups excluding carboxylic acids is 1. The maximum Gasteiger partial charge on any atom is 0.417 e. The molecule has 0 saturated carbocycles. The summed E-state index contributed by atoms with van der Waals surface area (Å²) in [4.78, 5) is 11.7. The largest absolute Gasteiger partial charge is 0.417 e. The Morgan fingerprint density at radius 2 is 1.79 bits per heavy atom. The minimum absolute atomic E-state index is 0.150. The van der Waals surface area contributed by atoms with Gasteiger partial charge in [-0.1, -0.05) is 41.4 Å². The van der Waals surface area contributed by atoms with Crippen LogP contribution in [0.25, 0.3) is 0 Å². The van der Waals surface area contributed by atoms with Crippen molar-refractivity contribution in [3.05, 3.63) is 52.5 Å². The van der Waals surface area contributed by atoms with Crippen molar-refractivity contribution in [2.24, 2.45) is 0 Å². The number of anilines is 2. The van der Waals surface area contributed by atoms with E-state index in [1.165, 1.54) is 12.1 Å². The number of hydrogen-bond acceptors (Lipinski definition) is 3. The van der Waals surface area contributed by atoms with E-state index < -0.39 is 6.09 Å². The predicted octanol–water partition coefficient (Wildman–Crippen LogP) is 4.19. The molecule has 0 aliphatic heterocycles. The molecule has 19 heavy (non-hydrogen) atoms. The first kappa shape index (κ1) is 13.5. The summed E-state index contributed by atoms with van der Waals surface area (Å²) in [6, 6.07) is 11.7. The molecule has 0 aliphatic rings. The highest BCUT2D eigenvalue weighted by Crippen LogP contribution is 2.32. The van der Waals surface area contributed by atoms with Crippen LogP contribution in [0.2, 0.25) is 10.0 Å². The Hall–Kier alpha value is -1.91. The molecule has 4 nitrogen and oxygen atoms in total. The van der Waals surface area contributed by atoms with Crippen molar-refractivity contribution in [3.8, 4) is 5.75 Å². The second kappa shape index (κ2) is 5.82. The van der Waals surface area contributed by atoms with Gasteiger partial charge in [0, 0.05) is 11.8 Å². The van der Waals surface area contributed by atoms with Crippen molar-refractivity contribution in [2.45, 2.75) is 0 Å². The van der Waals surface area contributed by atoms with Gasteiger partial charge in [-0.15, -0.1) is 0 Å². The van der Waals surface area contributed by atoms with Crippen molar-refractivity contribution in [3.63, 3.8) is 0 Å². The Bertz CT molecular complexity index is 603. The van der Waals surface area contributed by atoms with Crippen LogP contribution in [0.15, 0.2) is 42.5 Å². The van der Waals surface area contributed by atoms with Gasteiger partial charge in [-0.2, -0.15) is 0 Å². The van der Waals surface area contributed by atoms with Gasteiger partial charge in [0.05, 0.1) is 15.7 Å². The van der Waals surface area contributed by atoms with Gasteiger partial charge in [-0.3, -0.25) is 5.32 Å². The first-order valence-corrected chi connectivity index (χ1v) is 6.10. The molecule has 6 heteroatoms. The number of amides is 1. The lowest BCUT2D eigenvalue weighted by atomic mass is 10.3. The van der Waals surface area contributed by atoms with E-state index in [0.29, 0.717) is 10.7 Å². The van der Waals surface area contributed by atoms with Gasteiger partial charge in [0.15, 0.2) is 5.75 Å². The van der Waals surface area contributed by atoms with Gasteiger partial charge in [-0.05, 0) is 18.2 Å². The zero-order valence-corrected chi connectivity index (χ0v) is 11.2. The minimum Gasteiger partial charge on any atom is -0.408 e. The lowest BCUT2D eigenvalue weighted by molar-refractivity contribution is 0.215. The second-order valence-electron chi connectivity index (χ2n) is 3.68. The van der Waals surface area contributed by atoms with Crippen LogP contribution in [-0.4, -0.2) is 6.09 Å². The molecule has 98 valence electrons. The van der Waals surface area contributed by atoms with Gasteiger partial charge in [0.1, 0.15) is 0 Å². The number of rotatable bonds is 2. The number of benzene rings is 2. The molecule has 0 radical (unpaired) electrons. The molecule has 0 bridgehead atoms. The van der Waals surface area contributed by atoms with E-state index in [2.05, 4.69) is 5.32 Å². The van der Waals surface area contributed by atoms with Gasteiger partial charge >= 0.3 is 6.09 Å². The zero-order chi connectivity index (χ0) is 13.8. The Morgan fingerprint density at radius 1 is 1.11 bits per heavy atom. The summed E-state index contributed by atoms with van der Waals surface area (Å²) in [6.45, 7) is 0. The van der Waals surface area contributed by atoms with Crippen LogP contribution in [0.1, 0.15) is 0 Å². The number of ether oxygens (including phenoxy) is 1. The molecular formula is C13H10Cl2N2O2. The van der Waals surface area contributed by atoms with Crippen LogP contribution in [-0.2, 0) is 0 Å². The molecule has 2 aromatic carbocycles. The molecule has 0 fully saturated rings. The predicted molar refractivity (Wildman–Crippen MR) is 77.0 cm³/mol. The Morgan fingerprint density at radius 3 is 2.47 bits per heavy atom. The third kappa shape index (κ3) is 3.53. The third-order valence-corrected chi connectivity index (χ3v) is 2.90. The van der Waals surface area contributed by atoms with E-state index in [4.69, 9.17) is 33.7 Å². The topological polar surface area (TPSA) is 64.3 Å². The van der Waals surface area contributed by atoms with E-state index >= 15 is 0 Å². The van der Waals surface area contributed by atoms with Gasteiger partial charge in [0.25, 0.3) is 0 Å². The van der Waals surface area contributed by atoms with Crippen molar-refractivity contribution >= 4 is 40.7 Å². The molecular weight excluding hydrogens is 287 g/mol. The second-order valence-corrected chi connectivity index (χ2v) is 4.50. The molecule has 1 amide bonds. The highest BCUT2D eigenvalue weighted by atomic mass is 35.5. The lowest BCUT2D eigenvalue weighted by Gasteiger charge is -2.09. The van der Waals surface area contributed by atoms with Crippen molar-refractivity contribution in [2.75, 3.05) is 11.1 Å². The SMILES string of the molecule is Nc1cc(OC(=O)Nc2ccccc2)c(Cl)cc1Cl. The fraction of sp³-hybridized carbons (Fsp3) is 0. The number of para-hydroxylation sites is 1. The Balaban J connectivity index is 2.09. The lowest BCUT2D eigenvalue weighted by Crippen LogP contribution is -2.16. The normalized spacial score (nSPS) is 10.0. The molecule has 2 rings (SSSR count). The summed E-state index contributed by atoms with van der Waals surface area (Å²) in [7, 11) is 0. The first-order chi connectivity index (χ1) is 9.06. The van der Waals surface area contributed by atoms with Crippen LogP contribution in [0.5, 0.6) is 5.75 Å². The standard InChI is InChI=1S/C13H10Cl2N2O2/c14-9-6-10(15)12(7-11(9)16)19-13(18)17-8-4-2-1-3-5-8/h1-7H,16H2,(H,17,18). The van der Waals surface area contributed by atoms with Gasteiger partial charge < -0.3 is 10.5 Å². The van der Waals surface area contributed by atoms with Gasteiger partial charge in [0.2, 0.25) is 0 Å². The number of nitrogens with two attached hydrogens (primary N) is 1. The summed E-state index contributed by atoms with van der Waals surface area (Å²) < 4.78 is 5.06. The molecule has 2 aromatic rings. The van der Waals surface area contributed by atoms with Crippen LogP contribution in [0.4, 0.5) is 16.2 Å². The number of nitrogens with one attached hydrogen (secondary N) is 1. The monoisotopic (exact) mass is 296 g/mol. The minimum atomic E-state index is -0.658. The number of carbonyl (C=O) groups is 1. The van der Waals surface area contributed by atoms with Gasteiger partial charge in [-0.25, -0.2) is 4.79 Å². The van der Waals surface area contributed by atoms with Crippen LogP contribution in [0, 0.1) is 0 Å². The summed E-state index contributed by atoms with van der Waals surface area (Å²) in [5.74, 6) is 0.150. The summed E-state index contributed by atoms with van der Waals surface area (Å²) in [5, 5.41) is 3.07. The highest BCUT2D eigenvalue weighted by Gasteiger charge is 2.11. The quantitative estimate of drug-likeness (QED) is 0.817. The summed E-state index contributed by atoms with van der Waals surface area (Å²) in [6.07, 6.45) is -0.658. The Labute approximate surface area is 120 Å². The van der Waals surface area contributed by atoms with E-state index in [9.17, 15) is 4.79 Å². The number of nitrogen functional groups attached to an aromatic ring is 1. The summed E-state index contributed by atoms with van der Waals surface area (Å²) >= 11 is 11.7. The van der Waals surface area contributed by atoms with E-state index in [1.54, 1.807) is 24.3 Å². The van der Waals surface area contributed by atoms with Crippen LogP contribution in [0.3, 0.4) is 0 Å². The fourth-order valence-corrected chi connectivity index (χ4v) is 1.81. The molecule has 0 aliphatic carbocycles. The smallest absolute Gasteiger partial charge is 0.408 e. The maximum absolute atomic E-state index is 11.7. The maximum atomic E-state index is 11.7. The van der Waals surface area contributed by atoms with E-state index in [0.717, 1.165) is 0 Å². The number of halogens is 2. The van der Waals surface area contributed by atoms with Crippen LogP contribution >= 0.6 is 23.2 Å². The molecule has 0 atom stereocenters. The Kier molecular flexibility index (Phi) is 4.14. The first-order valence-electron chi connectivity index (χ1n) is 5.34. The molecule has 0 heterocycles. The van der Waals surface area contributed by atoms with E-state index in [-0.39, 0.29) is 16.5 Å². The zero-order valence-electron chi connectivity index (χ0n) is 9.69. The van der Waals surface area contributed by atoms with Crippen molar-refractivity contribution < 1.29 is 9.53 Å². The molecule has 0 unspecified atom stereocenters. The average molecular weight is 297 g/mol. The molecule has 0 aromatic heterocycles. The fourth-order valence-electron chi connectivity index (χ4n) is 1.39. The van der Waals surface area contributed by atoms with Crippen LogP contribution < -0.4 is 15.8 Å².